The first-order valence-electron chi connectivity index (χ1n) is 10.1. The molecule has 1 spiro atoms. The molecule has 0 aromatic rings. The molecular formula is C19H31N3O3. The standard InChI is InChI=1S/C19H31N3O3/c23-17-5-6-19(22(17)14-13-20-9-1-2-10-20)7-11-21(12-8-19)18(24)16-4-3-15-25-16/h16H,1-15H2/t16-/m1/s1. The predicted octanol–water partition coefficient (Wildman–Crippen LogP) is 1.24. The van der Waals surface area contributed by atoms with Crippen LogP contribution in [0.25, 0.3) is 0 Å². The van der Waals surface area contributed by atoms with E-state index in [4.69, 9.17) is 4.74 Å². The Morgan fingerprint density at radius 1 is 1.04 bits per heavy atom. The van der Waals surface area contributed by atoms with Crippen LogP contribution in [0.3, 0.4) is 0 Å². The van der Waals surface area contributed by atoms with Gasteiger partial charge in [0, 0.05) is 44.7 Å². The van der Waals surface area contributed by atoms with Gasteiger partial charge in [0.05, 0.1) is 0 Å². The van der Waals surface area contributed by atoms with Crippen molar-refractivity contribution in [3.8, 4) is 0 Å². The lowest BCUT2D eigenvalue weighted by Crippen LogP contribution is -2.56. The molecule has 0 unspecified atom stereocenters. The molecule has 0 aromatic carbocycles. The molecule has 2 amide bonds. The third-order valence-electron chi connectivity index (χ3n) is 6.73. The van der Waals surface area contributed by atoms with E-state index in [0.717, 1.165) is 58.3 Å². The molecule has 25 heavy (non-hydrogen) atoms. The lowest BCUT2D eigenvalue weighted by Gasteiger charge is -2.45. The molecule has 1 atom stereocenters. The van der Waals surface area contributed by atoms with E-state index in [2.05, 4.69) is 9.80 Å². The third kappa shape index (κ3) is 3.43. The monoisotopic (exact) mass is 349 g/mol. The van der Waals surface area contributed by atoms with Crippen LogP contribution in [0.15, 0.2) is 0 Å². The lowest BCUT2D eigenvalue weighted by atomic mass is 9.84. The minimum absolute atomic E-state index is 0.00409. The number of rotatable bonds is 4. The number of carbonyl (C=O) groups is 2. The fourth-order valence-corrected chi connectivity index (χ4v) is 5.12. The number of hydrogen-bond donors (Lipinski definition) is 0. The van der Waals surface area contributed by atoms with Gasteiger partial charge in [-0.1, -0.05) is 0 Å². The second kappa shape index (κ2) is 7.23. The molecule has 0 radical (unpaired) electrons. The summed E-state index contributed by atoms with van der Waals surface area (Å²) in [5, 5.41) is 0. The second-order valence-corrected chi connectivity index (χ2v) is 8.15. The molecule has 4 fully saturated rings. The van der Waals surface area contributed by atoms with Crippen molar-refractivity contribution in [2.24, 2.45) is 0 Å². The molecule has 0 N–H and O–H groups in total. The second-order valence-electron chi connectivity index (χ2n) is 8.15. The highest BCUT2D eigenvalue weighted by Gasteiger charge is 2.47. The Labute approximate surface area is 150 Å². The molecule has 6 heteroatoms. The summed E-state index contributed by atoms with van der Waals surface area (Å²) in [5.74, 6) is 0.485. The van der Waals surface area contributed by atoms with Gasteiger partial charge >= 0.3 is 0 Å². The van der Waals surface area contributed by atoms with Crippen molar-refractivity contribution in [1.29, 1.82) is 0 Å². The molecule has 6 nitrogen and oxygen atoms in total. The van der Waals surface area contributed by atoms with Crippen LogP contribution >= 0.6 is 0 Å². The third-order valence-corrected chi connectivity index (χ3v) is 6.73. The molecule has 4 aliphatic rings. The quantitative estimate of drug-likeness (QED) is 0.766. The van der Waals surface area contributed by atoms with Gasteiger partial charge in [0.15, 0.2) is 0 Å². The highest BCUT2D eigenvalue weighted by molar-refractivity contribution is 5.82. The van der Waals surface area contributed by atoms with E-state index in [1.807, 2.05) is 4.90 Å². The number of nitrogens with zero attached hydrogens (tertiary/aromatic N) is 3. The van der Waals surface area contributed by atoms with E-state index < -0.39 is 0 Å². The van der Waals surface area contributed by atoms with Crippen molar-refractivity contribution in [2.45, 2.75) is 63.0 Å². The Bertz CT molecular complexity index is 504. The number of carbonyl (C=O) groups excluding carboxylic acids is 2. The topological polar surface area (TPSA) is 53.1 Å². The first-order valence-corrected chi connectivity index (χ1v) is 10.1. The van der Waals surface area contributed by atoms with E-state index in [1.165, 1.54) is 25.9 Å². The summed E-state index contributed by atoms with van der Waals surface area (Å²) in [6.45, 7) is 6.48. The number of ether oxygens (including phenoxy) is 1. The lowest BCUT2D eigenvalue weighted by molar-refractivity contribution is -0.144. The highest BCUT2D eigenvalue weighted by atomic mass is 16.5. The van der Waals surface area contributed by atoms with E-state index in [1.54, 1.807) is 0 Å². The SMILES string of the molecule is O=C([C@H]1CCCO1)N1CCC2(CCC(=O)N2CCN2CCCC2)CC1. The first kappa shape index (κ1) is 17.3. The Kier molecular flexibility index (Phi) is 5.00. The average molecular weight is 349 g/mol. The smallest absolute Gasteiger partial charge is 0.251 e. The first-order chi connectivity index (χ1) is 12.2. The van der Waals surface area contributed by atoms with Gasteiger partial charge in [0.1, 0.15) is 6.10 Å². The molecule has 0 bridgehead atoms. The van der Waals surface area contributed by atoms with Crippen LogP contribution in [0.1, 0.15) is 51.4 Å². The minimum Gasteiger partial charge on any atom is -0.368 e. The number of hydrogen-bond acceptors (Lipinski definition) is 4. The van der Waals surface area contributed by atoms with Crippen molar-refractivity contribution in [3.63, 3.8) is 0 Å². The van der Waals surface area contributed by atoms with Crippen LogP contribution in [-0.4, -0.2) is 84.0 Å². The zero-order valence-electron chi connectivity index (χ0n) is 15.3. The Balaban J connectivity index is 1.34. The number of amides is 2. The van der Waals surface area contributed by atoms with Gasteiger partial charge in [-0.3, -0.25) is 9.59 Å². The number of piperidine rings is 1. The van der Waals surface area contributed by atoms with Crippen LogP contribution in [0, 0.1) is 0 Å². The van der Waals surface area contributed by atoms with Crippen LogP contribution in [0.5, 0.6) is 0 Å². The van der Waals surface area contributed by atoms with Crippen LogP contribution in [0.4, 0.5) is 0 Å². The van der Waals surface area contributed by atoms with Crippen molar-refractivity contribution in [2.75, 3.05) is 45.9 Å². The predicted molar refractivity (Wildman–Crippen MR) is 94.1 cm³/mol. The van der Waals surface area contributed by atoms with Gasteiger partial charge in [-0.25, -0.2) is 0 Å². The largest absolute Gasteiger partial charge is 0.368 e. The van der Waals surface area contributed by atoms with Gasteiger partial charge in [-0.2, -0.15) is 0 Å². The summed E-state index contributed by atoms with van der Waals surface area (Å²) in [5.41, 5.74) is 0.00409. The minimum atomic E-state index is -0.217. The Morgan fingerprint density at radius 2 is 1.80 bits per heavy atom. The molecule has 0 aliphatic carbocycles. The maximum atomic E-state index is 12.6. The highest BCUT2D eigenvalue weighted by Crippen LogP contribution is 2.39. The molecule has 4 aliphatic heterocycles. The van der Waals surface area contributed by atoms with Gasteiger partial charge in [0.25, 0.3) is 5.91 Å². The summed E-state index contributed by atoms with van der Waals surface area (Å²) in [4.78, 5) is 31.7. The summed E-state index contributed by atoms with van der Waals surface area (Å²) in [6, 6.07) is 0. The maximum Gasteiger partial charge on any atom is 0.251 e. The molecule has 4 rings (SSSR count). The Morgan fingerprint density at radius 3 is 2.48 bits per heavy atom. The fraction of sp³-hybridized carbons (Fsp3) is 0.895. The van der Waals surface area contributed by atoms with Crippen molar-refractivity contribution >= 4 is 11.8 Å². The average Bonchev–Trinajstić information content (AvgIpc) is 3.37. The molecular weight excluding hydrogens is 318 g/mol. The van der Waals surface area contributed by atoms with E-state index in [0.29, 0.717) is 18.9 Å². The van der Waals surface area contributed by atoms with Crippen LogP contribution in [-0.2, 0) is 14.3 Å². The van der Waals surface area contributed by atoms with E-state index in [-0.39, 0.29) is 17.6 Å². The maximum absolute atomic E-state index is 12.6. The van der Waals surface area contributed by atoms with Gasteiger partial charge in [0.2, 0.25) is 5.91 Å². The van der Waals surface area contributed by atoms with Gasteiger partial charge in [-0.05, 0) is 58.0 Å². The zero-order chi connectivity index (χ0) is 17.3. The fourth-order valence-electron chi connectivity index (χ4n) is 5.12. The van der Waals surface area contributed by atoms with Gasteiger partial charge < -0.3 is 19.4 Å². The van der Waals surface area contributed by atoms with E-state index in [9.17, 15) is 9.59 Å². The Hall–Kier alpha value is -1.14. The van der Waals surface area contributed by atoms with E-state index >= 15 is 0 Å². The summed E-state index contributed by atoms with van der Waals surface area (Å²) >= 11 is 0. The summed E-state index contributed by atoms with van der Waals surface area (Å²) in [7, 11) is 0. The van der Waals surface area contributed by atoms with Gasteiger partial charge in [-0.15, -0.1) is 0 Å². The molecule has 4 heterocycles. The van der Waals surface area contributed by atoms with Crippen molar-refractivity contribution in [1.82, 2.24) is 14.7 Å². The molecule has 140 valence electrons. The van der Waals surface area contributed by atoms with Crippen LogP contribution < -0.4 is 0 Å². The summed E-state index contributed by atoms with van der Waals surface area (Å²) < 4.78 is 5.56. The molecule has 4 saturated heterocycles. The zero-order valence-corrected chi connectivity index (χ0v) is 15.3. The summed E-state index contributed by atoms with van der Waals surface area (Å²) in [6.07, 6.45) is 7.72. The normalized spacial score (nSPS) is 29.9. The van der Waals surface area contributed by atoms with Crippen molar-refractivity contribution < 1.29 is 14.3 Å². The van der Waals surface area contributed by atoms with Crippen LogP contribution in [0.2, 0.25) is 0 Å². The van der Waals surface area contributed by atoms with Crippen molar-refractivity contribution in [3.05, 3.63) is 0 Å². The molecule has 0 saturated carbocycles. The molecule has 0 aromatic heterocycles. The number of likely N-dealkylation sites (tertiary alicyclic amines) is 3.